The van der Waals surface area contributed by atoms with Crippen LogP contribution in [0.15, 0.2) is 97.1 Å². The minimum Gasteiger partial charge on any atom is -0.457 e. The first-order chi connectivity index (χ1) is 13.3. The van der Waals surface area contributed by atoms with Gasteiger partial charge in [0.1, 0.15) is 18.1 Å². The van der Waals surface area contributed by atoms with E-state index in [-0.39, 0.29) is 12.6 Å². The van der Waals surface area contributed by atoms with E-state index in [1.54, 1.807) is 6.07 Å². The summed E-state index contributed by atoms with van der Waals surface area (Å²) >= 11 is 0. The molecule has 0 bridgehead atoms. The van der Waals surface area contributed by atoms with Crippen LogP contribution in [0.5, 0.6) is 11.5 Å². The minimum atomic E-state index is -0.332. The number of carbonyl (C=O) groups is 1. The van der Waals surface area contributed by atoms with Crippen LogP contribution >= 0.6 is 0 Å². The van der Waals surface area contributed by atoms with Crippen molar-refractivity contribution < 1.29 is 14.3 Å². The maximum Gasteiger partial charge on any atom is 0.339 e. The molecular weight excluding hydrogens is 336 g/mol. The zero-order valence-corrected chi connectivity index (χ0v) is 14.7. The summed E-state index contributed by atoms with van der Waals surface area (Å²) in [4.78, 5) is 12.6. The molecule has 0 fully saturated rings. The number of esters is 1. The predicted molar refractivity (Wildman–Crippen MR) is 106 cm³/mol. The van der Waals surface area contributed by atoms with Crippen LogP contribution in [0, 0.1) is 0 Å². The van der Waals surface area contributed by atoms with Gasteiger partial charge >= 0.3 is 5.97 Å². The molecule has 3 heteroatoms. The molecule has 0 aromatic heterocycles. The fourth-order valence-corrected chi connectivity index (χ4v) is 2.95. The Kier molecular flexibility index (Phi) is 4.84. The van der Waals surface area contributed by atoms with Crippen LogP contribution in [0.2, 0.25) is 0 Å². The van der Waals surface area contributed by atoms with E-state index in [0.717, 1.165) is 22.1 Å². The topological polar surface area (TPSA) is 35.5 Å². The van der Waals surface area contributed by atoms with Crippen LogP contribution in [-0.2, 0) is 11.3 Å². The third-order valence-corrected chi connectivity index (χ3v) is 4.26. The van der Waals surface area contributed by atoms with E-state index in [9.17, 15) is 4.79 Å². The molecule has 0 unspecified atom stereocenters. The molecule has 0 aliphatic carbocycles. The van der Waals surface area contributed by atoms with Crippen molar-refractivity contribution in [2.24, 2.45) is 0 Å². The molecule has 0 amide bonds. The van der Waals surface area contributed by atoms with Crippen LogP contribution in [0.4, 0.5) is 0 Å². The van der Waals surface area contributed by atoms with Crippen molar-refractivity contribution in [1.82, 2.24) is 0 Å². The standard InChI is InChI=1S/C24H18O3/c25-24(23-15-7-10-19-9-4-5-14-22(19)23)26-17-18-8-6-13-21(16-18)27-20-11-2-1-3-12-20/h1-16H,17H2. The molecule has 3 nitrogen and oxygen atoms in total. The van der Waals surface area contributed by atoms with Crippen LogP contribution in [0.1, 0.15) is 15.9 Å². The average molecular weight is 354 g/mol. The molecular formula is C24H18O3. The van der Waals surface area contributed by atoms with Gasteiger partial charge in [0.2, 0.25) is 0 Å². The lowest BCUT2D eigenvalue weighted by Gasteiger charge is -2.09. The van der Waals surface area contributed by atoms with E-state index in [2.05, 4.69) is 0 Å². The molecule has 4 rings (SSSR count). The number of benzene rings is 4. The summed E-state index contributed by atoms with van der Waals surface area (Å²) in [6, 6.07) is 30.6. The van der Waals surface area contributed by atoms with Crippen LogP contribution in [0.25, 0.3) is 10.8 Å². The highest BCUT2D eigenvalue weighted by Crippen LogP contribution is 2.23. The maximum atomic E-state index is 12.6. The first-order valence-electron chi connectivity index (χ1n) is 8.76. The van der Waals surface area contributed by atoms with Gasteiger partial charge in [-0.05, 0) is 46.7 Å². The lowest BCUT2D eigenvalue weighted by atomic mass is 10.0. The SMILES string of the molecule is O=C(OCc1cccc(Oc2ccccc2)c1)c1cccc2ccccc12. The molecule has 0 saturated heterocycles. The second-order valence-corrected chi connectivity index (χ2v) is 6.17. The largest absolute Gasteiger partial charge is 0.457 e. The van der Waals surface area contributed by atoms with E-state index in [1.165, 1.54) is 0 Å². The number of ether oxygens (including phenoxy) is 2. The highest BCUT2D eigenvalue weighted by Gasteiger charge is 2.11. The van der Waals surface area contributed by atoms with Crippen LogP contribution < -0.4 is 4.74 Å². The molecule has 0 radical (unpaired) electrons. The van der Waals surface area contributed by atoms with Crippen molar-refractivity contribution in [3.8, 4) is 11.5 Å². The summed E-state index contributed by atoms with van der Waals surface area (Å²) < 4.78 is 11.4. The van der Waals surface area contributed by atoms with Gasteiger partial charge < -0.3 is 9.47 Å². The Bertz CT molecular complexity index is 1070. The van der Waals surface area contributed by atoms with E-state index in [1.807, 2.05) is 91.0 Å². The molecule has 132 valence electrons. The number of rotatable bonds is 5. The summed E-state index contributed by atoms with van der Waals surface area (Å²) in [5.74, 6) is 1.14. The summed E-state index contributed by atoms with van der Waals surface area (Å²) in [6.45, 7) is 0.189. The van der Waals surface area contributed by atoms with Crippen molar-refractivity contribution in [2.75, 3.05) is 0 Å². The lowest BCUT2D eigenvalue weighted by Crippen LogP contribution is -2.06. The Morgan fingerprint density at radius 3 is 2.30 bits per heavy atom. The molecule has 27 heavy (non-hydrogen) atoms. The van der Waals surface area contributed by atoms with Crippen LogP contribution in [-0.4, -0.2) is 5.97 Å². The second-order valence-electron chi connectivity index (χ2n) is 6.17. The first kappa shape index (κ1) is 16.9. The number of carbonyl (C=O) groups excluding carboxylic acids is 1. The van der Waals surface area contributed by atoms with Gasteiger partial charge in [0.05, 0.1) is 5.56 Å². The molecule has 0 aliphatic heterocycles. The van der Waals surface area contributed by atoms with Gasteiger partial charge in [-0.25, -0.2) is 4.79 Å². The van der Waals surface area contributed by atoms with Gasteiger partial charge in [-0.15, -0.1) is 0 Å². The van der Waals surface area contributed by atoms with Gasteiger partial charge in [-0.1, -0.05) is 66.7 Å². The van der Waals surface area contributed by atoms with Crippen LogP contribution in [0.3, 0.4) is 0 Å². The summed E-state index contributed by atoms with van der Waals surface area (Å²) in [7, 11) is 0. The van der Waals surface area contributed by atoms with Crippen molar-refractivity contribution in [1.29, 1.82) is 0 Å². The Balaban J connectivity index is 1.47. The quantitative estimate of drug-likeness (QED) is 0.413. The van der Waals surface area contributed by atoms with E-state index in [0.29, 0.717) is 11.3 Å². The Morgan fingerprint density at radius 1 is 0.704 bits per heavy atom. The molecule has 4 aromatic carbocycles. The fourth-order valence-electron chi connectivity index (χ4n) is 2.95. The van der Waals surface area contributed by atoms with Crippen molar-refractivity contribution in [2.45, 2.75) is 6.61 Å². The summed E-state index contributed by atoms with van der Waals surface area (Å²) in [5, 5.41) is 1.91. The molecule has 4 aromatic rings. The number of fused-ring (bicyclic) bond motifs is 1. The van der Waals surface area contributed by atoms with E-state index < -0.39 is 0 Å². The van der Waals surface area contributed by atoms with E-state index >= 15 is 0 Å². The van der Waals surface area contributed by atoms with Gasteiger partial charge in [-0.2, -0.15) is 0 Å². The highest BCUT2D eigenvalue weighted by molar-refractivity contribution is 6.04. The normalized spacial score (nSPS) is 10.5. The molecule has 0 spiro atoms. The maximum absolute atomic E-state index is 12.6. The highest BCUT2D eigenvalue weighted by atomic mass is 16.5. The Morgan fingerprint density at radius 2 is 1.41 bits per heavy atom. The lowest BCUT2D eigenvalue weighted by molar-refractivity contribution is 0.0475. The number of para-hydroxylation sites is 1. The third kappa shape index (κ3) is 3.98. The van der Waals surface area contributed by atoms with Gasteiger partial charge in [0.15, 0.2) is 0 Å². The van der Waals surface area contributed by atoms with Gasteiger partial charge in [-0.3, -0.25) is 0 Å². The molecule has 0 N–H and O–H groups in total. The van der Waals surface area contributed by atoms with Crippen molar-refractivity contribution in [3.05, 3.63) is 108 Å². The smallest absolute Gasteiger partial charge is 0.339 e. The number of hydrogen-bond donors (Lipinski definition) is 0. The predicted octanol–water partition coefficient (Wildman–Crippen LogP) is 5.99. The molecule has 0 aliphatic rings. The summed E-state index contributed by atoms with van der Waals surface area (Å²) in [6.07, 6.45) is 0. The van der Waals surface area contributed by atoms with Crippen molar-refractivity contribution in [3.63, 3.8) is 0 Å². The van der Waals surface area contributed by atoms with Crippen molar-refractivity contribution >= 4 is 16.7 Å². The average Bonchev–Trinajstić information content (AvgIpc) is 2.72. The fraction of sp³-hybridized carbons (Fsp3) is 0.0417. The zero-order valence-electron chi connectivity index (χ0n) is 14.7. The van der Waals surface area contributed by atoms with Gasteiger partial charge in [0, 0.05) is 0 Å². The Hall–Kier alpha value is -3.59. The molecule has 0 heterocycles. The third-order valence-electron chi connectivity index (χ3n) is 4.26. The number of hydrogen-bond acceptors (Lipinski definition) is 3. The monoisotopic (exact) mass is 354 g/mol. The summed E-state index contributed by atoms with van der Waals surface area (Å²) in [5.41, 5.74) is 1.45. The zero-order chi connectivity index (χ0) is 18.5. The second kappa shape index (κ2) is 7.75. The van der Waals surface area contributed by atoms with Gasteiger partial charge in [0.25, 0.3) is 0 Å². The molecule has 0 atom stereocenters. The first-order valence-corrected chi connectivity index (χ1v) is 8.76. The Labute approximate surface area is 157 Å². The molecule has 0 saturated carbocycles. The minimum absolute atomic E-state index is 0.189. The van der Waals surface area contributed by atoms with E-state index in [4.69, 9.17) is 9.47 Å².